The molecule has 1 unspecified atom stereocenters. The molecule has 2 heterocycles. The summed E-state index contributed by atoms with van der Waals surface area (Å²) in [5.41, 5.74) is 6.00. The van der Waals surface area contributed by atoms with Gasteiger partial charge < -0.3 is 15.2 Å². The van der Waals surface area contributed by atoms with Crippen LogP contribution in [0.5, 0.6) is 0 Å². The highest BCUT2D eigenvalue weighted by molar-refractivity contribution is 5.28. The smallest absolute Gasteiger partial charge is 0.266 e. The van der Waals surface area contributed by atoms with Crippen molar-refractivity contribution >= 4 is 5.95 Å². The molecule has 1 fully saturated rings. The molecule has 1 atom stereocenters. The molecule has 2 N–H and O–H groups in total. The van der Waals surface area contributed by atoms with Crippen LogP contribution in [-0.2, 0) is 6.42 Å². The number of nitrogens with zero attached hydrogens (tertiary/aromatic N) is 3. The third-order valence-electron chi connectivity index (χ3n) is 4.29. The molecular weight excluding hydrogens is 252 g/mol. The van der Waals surface area contributed by atoms with Crippen LogP contribution in [0.3, 0.4) is 0 Å². The summed E-state index contributed by atoms with van der Waals surface area (Å²) >= 11 is 0. The second-order valence-corrected chi connectivity index (χ2v) is 6.86. The van der Waals surface area contributed by atoms with E-state index in [2.05, 4.69) is 35.8 Å². The van der Waals surface area contributed by atoms with Crippen molar-refractivity contribution in [2.24, 2.45) is 17.1 Å². The van der Waals surface area contributed by atoms with Crippen LogP contribution >= 0.6 is 0 Å². The van der Waals surface area contributed by atoms with Crippen molar-refractivity contribution < 1.29 is 4.52 Å². The summed E-state index contributed by atoms with van der Waals surface area (Å²) < 4.78 is 5.38. The molecule has 0 aromatic carbocycles. The summed E-state index contributed by atoms with van der Waals surface area (Å²) in [4.78, 5) is 6.73. The van der Waals surface area contributed by atoms with Crippen LogP contribution in [0.2, 0.25) is 0 Å². The topological polar surface area (TPSA) is 68.2 Å². The van der Waals surface area contributed by atoms with Gasteiger partial charge in [-0.2, -0.15) is 4.98 Å². The molecule has 0 radical (unpaired) electrons. The first-order valence-electron chi connectivity index (χ1n) is 7.78. The van der Waals surface area contributed by atoms with Gasteiger partial charge in [0.25, 0.3) is 5.95 Å². The minimum atomic E-state index is 0.275. The molecule has 0 bridgehead atoms. The van der Waals surface area contributed by atoms with E-state index in [-0.39, 0.29) is 5.41 Å². The van der Waals surface area contributed by atoms with E-state index in [1.807, 2.05) is 0 Å². The molecule has 1 aromatic heterocycles. The Bertz CT molecular complexity index is 404. The van der Waals surface area contributed by atoms with Gasteiger partial charge in [-0.1, -0.05) is 20.8 Å². The van der Waals surface area contributed by atoms with Crippen molar-refractivity contribution in [2.75, 3.05) is 24.5 Å². The molecule has 1 aliphatic heterocycles. The molecule has 114 valence electrons. The van der Waals surface area contributed by atoms with Crippen molar-refractivity contribution in [3.63, 3.8) is 0 Å². The lowest BCUT2D eigenvalue weighted by molar-refractivity contribution is 0.208. The maximum atomic E-state index is 5.72. The second-order valence-electron chi connectivity index (χ2n) is 6.86. The van der Waals surface area contributed by atoms with Gasteiger partial charge >= 0.3 is 0 Å². The van der Waals surface area contributed by atoms with E-state index in [4.69, 9.17) is 10.3 Å². The molecule has 0 saturated carbocycles. The van der Waals surface area contributed by atoms with Crippen LogP contribution in [-0.4, -0.2) is 29.8 Å². The second kappa shape index (κ2) is 6.57. The zero-order valence-corrected chi connectivity index (χ0v) is 13.1. The van der Waals surface area contributed by atoms with E-state index in [9.17, 15) is 0 Å². The summed E-state index contributed by atoms with van der Waals surface area (Å²) in [6.07, 6.45) is 5.42. The molecule has 0 spiro atoms. The van der Waals surface area contributed by atoms with Crippen LogP contribution in [0.1, 0.15) is 52.3 Å². The number of hydrogen-bond acceptors (Lipinski definition) is 5. The lowest BCUT2D eigenvalue weighted by atomic mass is 9.76. The first-order valence-corrected chi connectivity index (χ1v) is 7.78. The van der Waals surface area contributed by atoms with Gasteiger partial charge in [-0.15, -0.1) is 0 Å². The van der Waals surface area contributed by atoms with E-state index in [1.54, 1.807) is 0 Å². The third-order valence-corrected chi connectivity index (χ3v) is 4.29. The molecule has 5 heteroatoms. The molecule has 1 aliphatic rings. The van der Waals surface area contributed by atoms with E-state index in [1.165, 1.54) is 12.8 Å². The van der Waals surface area contributed by atoms with Crippen molar-refractivity contribution in [2.45, 2.75) is 52.9 Å². The summed E-state index contributed by atoms with van der Waals surface area (Å²) in [5, 5.41) is 4.10. The number of hydrogen-bond donors (Lipinski definition) is 1. The average molecular weight is 280 g/mol. The predicted octanol–water partition coefficient (Wildman–Crippen LogP) is 2.61. The largest absolute Gasteiger partial charge is 0.338 e. The van der Waals surface area contributed by atoms with Gasteiger partial charge in [0.2, 0.25) is 5.89 Å². The van der Waals surface area contributed by atoms with Gasteiger partial charge in [-0.05, 0) is 48.7 Å². The highest BCUT2D eigenvalue weighted by Crippen LogP contribution is 2.32. The van der Waals surface area contributed by atoms with E-state index < -0.39 is 0 Å². The van der Waals surface area contributed by atoms with Gasteiger partial charge in [-0.25, -0.2) is 0 Å². The van der Waals surface area contributed by atoms with Gasteiger partial charge in [0, 0.05) is 19.5 Å². The van der Waals surface area contributed by atoms with Crippen LogP contribution in [0.4, 0.5) is 5.95 Å². The molecule has 2 rings (SSSR count). The van der Waals surface area contributed by atoms with Crippen molar-refractivity contribution in [3.8, 4) is 0 Å². The molecule has 20 heavy (non-hydrogen) atoms. The van der Waals surface area contributed by atoms with E-state index in [0.717, 1.165) is 50.7 Å². The Balaban J connectivity index is 1.89. The lowest BCUT2D eigenvalue weighted by Gasteiger charge is -2.30. The standard InChI is InChI=1S/C15H28N4O/c1-15(2,3)12(8-9-16)6-7-13-17-14(18-20-13)19-10-4-5-11-19/h12H,4-11,16H2,1-3H3. The highest BCUT2D eigenvalue weighted by Gasteiger charge is 2.25. The molecule has 1 aromatic rings. The van der Waals surface area contributed by atoms with E-state index in [0.29, 0.717) is 5.92 Å². The molecule has 5 nitrogen and oxygen atoms in total. The highest BCUT2D eigenvalue weighted by atomic mass is 16.5. The zero-order chi connectivity index (χ0) is 14.6. The Morgan fingerprint density at radius 3 is 2.55 bits per heavy atom. The number of anilines is 1. The quantitative estimate of drug-likeness (QED) is 0.867. The lowest BCUT2D eigenvalue weighted by Crippen LogP contribution is -2.24. The first-order chi connectivity index (χ1) is 9.50. The van der Waals surface area contributed by atoms with Crippen LogP contribution in [0.15, 0.2) is 4.52 Å². The Morgan fingerprint density at radius 1 is 1.25 bits per heavy atom. The van der Waals surface area contributed by atoms with Gasteiger partial charge in [-0.3, -0.25) is 0 Å². The SMILES string of the molecule is CC(C)(C)C(CCN)CCc1nc(N2CCCC2)no1. The minimum absolute atomic E-state index is 0.275. The van der Waals surface area contributed by atoms with Crippen LogP contribution in [0, 0.1) is 11.3 Å². The van der Waals surface area contributed by atoms with Crippen LogP contribution in [0.25, 0.3) is 0 Å². The Kier molecular flexibility index (Phi) is 5.02. The summed E-state index contributed by atoms with van der Waals surface area (Å²) in [6.45, 7) is 9.67. The first kappa shape index (κ1) is 15.3. The fraction of sp³-hybridized carbons (Fsp3) is 0.867. The van der Waals surface area contributed by atoms with Gasteiger partial charge in [0.1, 0.15) is 0 Å². The van der Waals surface area contributed by atoms with Gasteiger partial charge in [0.15, 0.2) is 0 Å². The third kappa shape index (κ3) is 3.95. The number of rotatable bonds is 6. The molecule has 1 saturated heterocycles. The molecule has 0 aliphatic carbocycles. The summed E-state index contributed by atoms with van der Waals surface area (Å²) in [7, 11) is 0. The normalized spacial score (nSPS) is 17.7. The maximum Gasteiger partial charge on any atom is 0.266 e. The van der Waals surface area contributed by atoms with Crippen molar-refractivity contribution in [1.29, 1.82) is 0 Å². The molecule has 0 amide bonds. The minimum Gasteiger partial charge on any atom is -0.338 e. The van der Waals surface area contributed by atoms with Crippen molar-refractivity contribution in [1.82, 2.24) is 10.1 Å². The monoisotopic (exact) mass is 280 g/mol. The number of aryl methyl sites for hydroxylation is 1. The maximum absolute atomic E-state index is 5.72. The van der Waals surface area contributed by atoms with Gasteiger partial charge in [0.05, 0.1) is 0 Å². The fourth-order valence-electron chi connectivity index (χ4n) is 2.90. The summed E-state index contributed by atoms with van der Waals surface area (Å²) in [6, 6.07) is 0. The Labute approximate surface area is 121 Å². The Morgan fingerprint density at radius 2 is 1.95 bits per heavy atom. The van der Waals surface area contributed by atoms with E-state index >= 15 is 0 Å². The Hall–Kier alpha value is -1.10. The summed E-state index contributed by atoms with van der Waals surface area (Å²) in [5.74, 6) is 2.12. The predicted molar refractivity (Wildman–Crippen MR) is 80.7 cm³/mol. The zero-order valence-electron chi connectivity index (χ0n) is 13.1. The number of aromatic nitrogens is 2. The average Bonchev–Trinajstić information content (AvgIpc) is 3.03. The van der Waals surface area contributed by atoms with Crippen LogP contribution < -0.4 is 10.6 Å². The fourth-order valence-corrected chi connectivity index (χ4v) is 2.90. The van der Waals surface area contributed by atoms with Crippen molar-refractivity contribution in [3.05, 3.63) is 5.89 Å². The molecular formula is C15H28N4O. The number of nitrogens with two attached hydrogens (primary N) is 1.